The maximum absolute atomic E-state index is 14.4. The average molecular weight is 650 g/mol. The van der Waals surface area contributed by atoms with Gasteiger partial charge >= 0.3 is 0 Å². The highest BCUT2D eigenvalue weighted by atomic mass is 32.2. The third-order valence-electron chi connectivity index (χ3n) is 7.08. The molecular formula is C35H37F2N3O5S. The fourth-order valence-electron chi connectivity index (χ4n) is 4.86. The number of hydrogen-bond acceptors (Lipinski definition) is 5. The molecule has 0 aromatic heterocycles. The molecule has 0 unspecified atom stereocenters. The molecule has 4 rings (SSSR count). The van der Waals surface area contributed by atoms with E-state index >= 15 is 0 Å². The lowest BCUT2D eigenvalue weighted by molar-refractivity contribution is -0.140. The van der Waals surface area contributed by atoms with Crippen LogP contribution in [0, 0.1) is 11.6 Å². The van der Waals surface area contributed by atoms with Gasteiger partial charge in [0.05, 0.1) is 17.2 Å². The third kappa shape index (κ3) is 8.91. The predicted molar refractivity (Wildman–Crippen MR) is 173 cm³/mol. The van der Waals surface area contributed by atoms with Gasteiger partial charge in [0.2, 0.25) is 11.8 Å². The summed E-state index contributed by atoms with van der Waals surface area (Å²) in [6.45, 7) is 4.97. The summed E-state index contributed by atoms with van der Waals surface area (Å²) in [5, 5.41) is 2.88. The van der Waals surface area contributed by atoms with Crippen molar-refractivity contribution in [2.45, 2.75) is 50.7 Å². The second-order valence-corrected chi connectivity index (χ2v) is 12.8. The second kappa shape index (κ2) is 15.5. The van der Waals surface area contributed by atoms with Gasteiger partial charge in [0.25, 0.3) is 10.0 Å². The zero-order valence-electron chi connectivity index (χ0n) is 25.9. The molecule has 0 spiro atoms. The third-order valence-corrected chi connectivity index (χ3v) is 8.87. The molecule has 4 aromatic rings. The normalized spacial score (nSPS) is 12.0. The Kier molecular flexibility index (Phi) is 11.5. The molecule has 1 atom stereocenters. The van der Waals surface area contributed by atoms with Gasteiger partial charge in [-0.3, -0.25) is 13.9 Å². The maximum Gasteiger partial charge on any atom is 0.264 e. The van der Waals surface area contributed by atoms with E-state index in [2.05, 4.69) is 5.32 Å². The lowest BCUT2D eigenvalue weighted by atomic mass is 10.0. The van der Waals surface area contributed by atoms with Crippen molar-refractivity contribution in [3.63, 3.8) is 0 Å². The maximum atomic E-state index is 14.4. The van der Waals surface area contributed by atoms with Crippen LogP contribution < -0.4 is 14.4 Å². The van der Waals surface area contributed by atoms with E-state index in [1.165, 1.54) is 65.6 Å². The minimum atomic E-state index is -4.37. The molecule has 8 nitrogen and oxygen atoms in total. The first-order valence-electron chi connectivity index (χ1n) is 14.9. The Labute approximate surface area is 268 Å². The minimum absolute atomic E-state index is 0.0524. The first-order chi connectivity index (χ1) is 22.0. The molecule has 0 bridgehead atoms. The van der Waals surface area contributed by atoms with Gasteiger partial charge in [-0.25, -0.2) is 17.2 Å². The van der Waals surface area contributed by atoms with Gasteiger partial charge in [0, 0.05) is 19.0 Å². The summed E-state index contributed by atoms with van der Waals surface area (Å²) in [5.41, 5.74) is 1.37. The number of anilines is 1. The fourth-order valence-corrected chi connectivity index (χ4v) is 6.27. The van der Waals surface area contributed by atoms with Gasteiger partial charge in [0.15, 0.2) is 0 Å². The molecule has 0 aliphatic heterocycles. The van der Waals surface area contributed by atoms with E-state index in [0.29, 0.717) is 17.9 Å². The van der Waals surface area contributed by atoms with Crippen molar-refractivity contribution in [3.8, 4) is 5.75 Å². The number of amides is 2. The van der Waals surface area contributed by atoms with Gasteiger partial charge in [-0.2, -0.15) is 0 Å². The first-order valence-corrected chi connectivity index (χ1v) is 16.3. The Hall–Kier alpha value is -4.77. The highest BCUT2D eigenvalue weighted by Crippen LogP contribution is 2.27. The summed E-state index contributed by atoms with van der Waals surface area (Å²) in [6.07, 6.45) is 0.133. The molecule has 0 fully saturated rings. The van der Waals surface area contributed by atoms with Crippen molar-refractivity contribution < 1.29 is 31.5 Å². The zero-order chi connectivity index (χ0) is 33.3. The monoisotopic (exact) mass is 649 g/mol. The van der Waals surface area contributed by atoms with E-state index in [1.54, 1.807) is 20.8 Å². The Balaban J connectivity index is 1.79. The van der Waals surface area contributed by atoms with E-state index < -0.39 is 46.1 Å². The van der Waals surface area contributed by atoms with E-state index in [1.807, 2.05) is 30.3 Å². The van der Waals surface area contributed by atoms with E-state index in [0.717, 1.165) is 22.0 Å². The smallest absolute Gasteiger partial charge is 0.264 e. The number of carbonyl (C=O) groups is 2. The Bertz CT molecular complexity index is 1700. The van der Waals surface area contributed by atoms with Gasteiger partial charge in [-0.15, -0.1) is 0 Å². The van der Waals surface area contributed by atoms with Crippen LogP contribution in [0.5, 0.6) is 5.75 Å². The predicted octanol–water partition coefficient (Wildman–Crippen LogP) is 5.72. The van der Waals surface area contributed by atoms with Crippen molar-refractivity contribution in [1.82, 2.24) is 10.2 Å². The molecule has 0 saturated carbocycles. The number of nitrogens with one attached hydrogen (secondary N) is 1. The highest BCUT2D eigenvalue weighted by Gasteiger charge is 2.35. The summed E-state index contributed by atoms with van der Waals surface area (Å²) in [6, 6.07) is 23.8. The molecule has 11 heteroatoms. The Morgan fingerprint density at radius 2 is 1.39 bits per heavy atom. The number of halogens is 2. The van der Waals surface area contributed by atoms with Crippen molar-refractivity contribution in [1.29, 1.82) is 0 Å². The SMILES string of the molecule is CCOc1ccc(S(=O)(=O)N(CC(=O)N(Cc2ccc(F)cc2)[C@H](Cc2ccccc2)C(=O)NC(C)C)c2ccc(F)cc2)cc1. The van der Waals surface area contributed by atoms with Crippen LogP contribution >= 0.6 is 0 Å². The number of ether oxygens (including phenoxy) is 1. The van der Waals surface area contributed by atoms with Crippen LogP contribution in [-0.2, 0) is 32.6 Å². The Morgan fingerprint density at radius 3 is 1.96 bits per heavy atom. The summed E-state index contributed by atoms with van der Waals surface area (Å²) in [7, 11) is -4.37. The molecule has 0 aliphatic rings. The Morgan fingerprint density at radius 1 is 0.804 bits per heavy atom. The van der Waals surface area contributed by atoms with Crippen LogP contribution in [0.2, 0.25) is 0 Å². The van der Waals surface area contributed by atoms with Crippen molar-refractivity contribution in [3.05, 3.63) is 126 Å². The average Bonchev–Trinajstić information content (AvgIpc) is 3.03. The van der Waals surface area contributed by atoms with Crippen LogP contribution in [0.4, 0.5) is 14.5 Å². The molecule has 1 N–H and O–H groups in total. The summed E-state index contributed by atoms with van der Waals surface area (Å²) >= 11 is 0. The molecule has 2 amide bonds. The van der Waals surface area contributed by atoms with Crippen LogP contribution in [0.25, 0.3) is 0 Å². The lowest BCUT2D eigenvalue weighted by Gasteiger charge is -2.34. The van der Waals surface area contributed by atoms with Crippen molar-refractivity contribution in [2.24, 2.45) is 0 Å². The topological polar surface area (TPSA) is 96.0 Å². The first kappa shape index (κ1) is 34.1. The number of benzene rings is 4. The zero-order valence-corrected chi connectivity index (χ0v) is 26.7. The molecule has 4 aromatic carbocycles. The number of carbonyl (C=O) groups excluding carboxylic acids is 2. The van der Waals surface area contributed by atoms with E-state index in [4.69, 9.17) is 4.74 Å². The molecule has 46 heavy (non-hydrogen) atoms. The molecule has 0 saturated heterocycles. The van der Waals surface area contributed by atoms with Gasteiger partial charge < -0.3 is 15.0 Å². The minimum Gasteiger partial charge on any atom is -0.494 e. The van der Waals surface area contributed by atoms with Crippen molar-refractivity contribution in [2.75, 3.05) is 17.5 Å². The summed E-state index contributed by atoms with van der Waals surface area (Å²) in [5.74, 6) is -1.71. The molecule has 0 aliphatic carbocycles. The molecule has 242 valence electrons. The number of hydrogen-bond donors (Lipinski definition) is 1. The quantitative estimate of drug-likeness (QED) is 0.189. The van der Waals surface area contributed by atoms with Crippen LogP contribution in [0.3, 0.4) is 0 Å². The molecule has 0 radical (unpaired) electrons. The lowest BCUT2D eigenvalue weighted by Crippen LogP contribution is -2.54. The van der Waals surface area contributed by atoms with E-state index in [9.17, 15) is 26.8 Å². The molecule has 0 heterocycles. The highest BCUT2D eigenvalue weighted by molar-refractivity contribution is 7.92. The largest absolute Gasteiger partial charge is 0.494 e. The summed E-state index contributed by atoms with van der Waals surface area (Å²) in [4.78, 5) is 29.3. The number of sulfonamides is 1. The van der Waals surface area contributed by atoms with Gasteiger partial charge in [-0.05, 0) is 92.6 Å². The standard InChI is InChI=1S/C35H37F2N3O5S/c1-4-45-31-18-20-32(21-19-31)46(43,44)40(30-16-14-29(37)15-17-30)24-34(41)39(23-27-10-12-28(36)13-11-27)33(35(42)38-25(2)3)22-26-8-6-5-7-9-26/h5-21,25,33H,4,22-24H2,1-3H3,(H,38,42)/t33-/m1/s1. The van der Waals surface area contributed by atoms with Crippen molar-refractivity contribution >= 4 is 27.5 Å². The van der Waals surface area contributed by atoms with Crippen LogP contribution in [0.15, 0.2) is 108 Å². The molecular weight excluding hydrogens is 612 g/mol. The number of nitrogens with zero attached hydrogens (tertiary/aromatic N) is 2. The fraction of sp³-hybridized carbons (Fsp3) is 0.257. The van der Waals surface area contributed by atoms with E-state index in [-0.39, 0.29) is 29.6 Å². The van der Waals surface area contributed by atoms with Crippen LogP contribution in [-0.4, -0.2) is 50.4 Å². The van der Waals surface area contributed by atoms with Crippen LogP contribution in [0.1, 0.15) is 31.9 Å². The van der Waals surface area contributed by atoms with Gasteiger partial charge in [-0.1, -0.05) is 42.5 Å². The number of rotatable bonds is 14. The second-order valence-electron chi connectivity index (χ2n) is 10.9. The van der Waals surface area contributed by atoms with Gasteiger partial charge in [0.1, 0.15) is 30.0 Å². The summed E-state index contributed by atoms with van der Waals surface area (Å²) < 4.78 is 62.2.